The maximum atomic E-state index is 5.39. The van der Waals surface area contributed by atoms with Crippen LogP contribution in [0.2, 0.25) is 0 Å². The lowest BCUT2D eigenvalue weighted by Crippen LogP contribution is -2.32. The lowest BCUT2D eigenvalue weighted by molar-refractivity contribution is 0.732. The van der Waals surface area contributed by atoms with E-state index in [0.717, 1.165) is 22.6 Å². The molecule has 2 heterocycles. The maximum absolute atomic E-state index is 5.39. The number of aromatic nitrogens is 1. The molecule has 0 fully saturated rings. The fourth-order valence-corrected chi connectivity index (χ4v) is 8.40. The van der Waals surface area contributed by atoms with Crippen molar-refractivity contribution in [2.45, 2.75) is 11.6 Å². The Morgan fingerprint density at radius 1 is 0.521 bits per heavy atom. The largest absolute Gasteiger partial charge is 0.358 e. The first kappa shape index (κ1) is 27.0. The molecule has 1 aromatic heterocycles. The molecule has 3 heteroatoms. The van der Waals surface area contributed by atoms with Crippen LogP contribution >= 0.6 is 0 Å². The molecule has 0 saturated carbocycles. The Morgan fingerprint density at radius 3 is 1.92 bits per heavy atom. The van der Waals surface area contributed by atoms with Crippen LogP contribution in [0.1, 0.15) is 34.0 Å². The van der Waals surface area contributed by atoms with Crippen molar-refractivity contribution in [1.82, 2.24) is 4.57 Å². The highest BCUT2D eigenvalue weighted by molar-refractivity contribution is 6.16. The Morgan fingerprint density at radius 2 is 1.15 bits per heavy atom. The first-order valence-electron chi connectivity index (χ1n) is 16.6. The molecule has 3 nitrogen and oxygen atoms in total. The minimum atomic E-state index is -0.545. The number of aliphatic imine (C=N–C) groups is 1. The van der Waals surface area contributed by atoms with E-state index in [1.165, 1.54) is 55.2 Å². The van der Waals surface area contributed by atoms with Crippen LogP contribution in [0.25, 0.3) is 32.9 Å². The third kappa shape index (κ3) is 3.67. The van der Waals surface area contributed by atoms with Gasteiger partial charge in [-0.25, -0.2) is 4.99 Å². The summed E-state index contributed by atoms with van der Waals surface area (Å²) in [4.78, 5) is 5.39. The normalized spacial score (nSPS) is 15.8. The number of nitrogens with zero attached hydrogens (tertiary/aromatic N) is 2. The van der Waals surface area contributed by atoms with E-state index < -0.39 is 5.41 Å². The molecule has 226 valence electrons. The molecule has 0 spiro atoms. The van der Waals surface area contributed by atoms with Crippen LogP contribution in [0.15, 0.2) is 181 Å². The second-order valence-corrected chi connectivity index (χ2v) is 12.7. The molecule has 1 aliphatic carbocycles. The molecule has 0 saturated heterocycles. The van der Waals surface area contributed by atoms with Crippen molar-refractivity contribution in [1.29, 1.82) is 0 Å². The van der Waals surface area contributed by atoms with Crippen molar-refractivity contribution in [2.24, 2.45) is 4.99 Å². The maximum Gasteiger partial charge on any atom is 0.148 e. The van der Waals surface area contributed by atoms with E-state index >= 15 is 0 Å². The lowest BCUT2D eigenvalue weighted by Gasteiger charge is -2.36. The van der Waals surface area contributed by atoms with Gasteiger partial charge >= 0.3 is 0 Å². The third-order valence-electron chi connectivity index (χ3n) is 10.3. The van der Waals surface area contributed by atoms with E-state index in [2.05, 4.69) is 186 Å². The van der Waals surface area contributed by atoms with Gasteiger partial charge in [0.1, 0.15) is 6.17 Å². The van der Waals surface area contributed by atoms with Crippen molar-refractivity contribution in [3.63, 3.8) is 0 Å². The van der Waals surface area contributed by atoms with Crippen LogP contribution in [-0.4, -0.2) is 10.3 Å². The summed E-state index contributed by atoms with van der Waals surface area (Å²) >= 11 is 0. The second-order valence-electron chi connectivity index (χ2n) is 12.7. The minimum absolute atomic E-state index is 0.260. The van der Waals surface area contributed by atoms with E-state index in [4.69, 9.17) is 4.99 Å². The summed E-state index contributed by atoms with van der Waals surface area (Å²) < 4.78 is 2.54. The zero-order valence-electron chi connectivity index (χ0n) is 26.2. The van der Waals surface area contributed by atoms with Gasteiger partial charge < -0.3 is 9.88 Å². The first-order valence-corrected chi connectivity index (χ1v) is 16.6. The molecule has 0 radical (unpaired) electrons. The van der Waals surface area contributed by atoms with Crippen LogP contribution in [-0.2, 0) is 5.41 Å². The predicted octanol–water partition coefficient (Wildman–Crippen LogP) is 10.9. The molecule has 2 aliphatic rings. The van der Waals surface area contributed by atoms with Gasteiger partial charge in [0.2, 0.25) is 0 Å². The molecular weight excluding hydrogens is 583 g/mol. The summed E-state index contributed by atoms with van der Waals surface area (Å²) in [6.07, 6.45) is -0.260. The summed E-state index contributed by atoms with van der Waals surface area (Å²) in [6, 6.07) is 63.7. The van der Waals surface area contributed by atoms with Crippen LogP contribution < -0.4 is 5.32 Å². The van der Waals surface area contributed by atoms with Gasteiger partial charge in [0.15, 0.2) is 0 Å². The zero-order valence-corrected chi connectivity index (χ0v) is 26.2. The molecule has 0 bridgehead atoms. The molecule has 10 rings (SSSR count). The van der Waals surface area contributed by atoms with Gasteiger partial charge in [-0.3, -0.25) is 0 Å². The van der Waals surface area contributed by atoms with Gasteiger partial charge in [0.25, 0.3) is 0 Å². The number of fused-ring (bicyclic) bond motifs is 8. The van der Waals surface area contributed by atoms with Gasteiger partial charge in [-0.05, 0) is 46.0 Å². The van der Waals surface area contributed by atoms with Gasteiger partial charge in [-0.15, -0.1) is 0 Å². The number of anilines is 1. The highest BCUT2D eigenvalue weighted by Crippen LogP contribution is 2.59. The van der Waals surface area contributed by atoms with E-state index in [9.17, 15) is 0 Å². The Labute approximate surface area is 279 Å². The predicted molar refractivity (Wildman–Crippen MR) is 198 cm³/mol. The Kier molecular flexibility index (Phi) is 5.85. The van der Waals surface area contributed by atoms with Crippen LogP contribution in [0.4, 0.5) is 11.4 Å². The number of hydrogen-bond donors (Lipinski definition) is 1. The summed E-state index contributed by atoms with van der Waals surface area (Å²) in [5, 5.41) is 6.45. The topological polar surface area (TPSA) is 29.3 Å². The average molecular weight is 614 g/mol. The minimum Gasteiger partial charge on any atom is -0.358 e. The van der Waals surface area contributed by atoms with E-state index in [1.54, 1.807) is 0 Å². The molecule has 48 heavy (non-hydrogen) atoms. The van der Waals surface area contributed by atoms with Crippen molar-refractivity contribution < 1.29 is 0 Å². The molecule has 8 aromatic rings. The standard InChI is InChI=1S/C45H31N3/c1-4-16-30(17-5-1)42-44(47-39-26-14-13-25-38(39)46-42)48-40-27-15-11-23-34(40)36-29-28-35-33-22-10-12-24-37(33)45(41(35)43(36)48,31-18-6-2-7-19-31)32-20-8-3-9-21-32/h1-29,44,47H. The highest BCUT2D eigenvalue weighted by atomic mass is 15.2. The average Bonchev–Trinajstić information content (AvgIpc) is 3.66. The summed E-state index contributed by atoms with van der Waals surface area (Å²) in [7, 11) is 0. The molecule has 1 aliphatic heterocycles. The summed E-state index contributed by atoms with van der Waals surface area (Å²) in [5.74, 6) is 0. The van der Waals surface area contributed by atoms with Gasteiger partial charge in [0.05, 0.1) is 33.5 Å². The number of benzene rings is 7. The van der Waals surface area contributed by atoms with Crippen molar-refractivity contribution in [2.75, 3.05) is 5.32 Å². The van der Waals surface area contributed by atoms with Crippen molar-refractivity contribution in [3.8, 4) is 11.1 Å². The second kappa shape index (κ2) is 10.4. The molecular formula is C45H31N3. The third-order valence-corrected chi connectivity index (χ3v) is 10.3. The number of rotatable bonds is 4. The fraction of sp³-hybridized carbons (Fsp3) is 0.0444. The smallest absolute Gasteiger partial charge is 0.148 e. The molecule has 1 N–H and O–H groups in total. The van der Waals surface area contributed by atoms with E-state index in [1.807, 2.05) is 0 Å². The van der Waals surface area contributed by atoms with Crippen molar-refractivity contribution >= 4 is 38.9 Å². The first-order chi connectivity index (χ1) is 23.8. The zero-order chi connectivity index (χ0) is 31.7. The van der Waals surface area contributed by atoms with Gasteiger partial charge in [0, 0.05) is 21.9 Å². The molecule has 1 unspecified atom stereocenters. The molecule has 7 aromatic carbocycles. The summed E-state index contributed by atoms with van der Waals surface area (Å²) in [6.45, 7) is 0. The van der Waals surface area contributed by atoms with E-state index in [-0.39, 0.29) is 6.17 Å². The SMILES string of the molecule is c1ccc(C2=Nc3ccccc3NC2n2c3ccccc3c3ccc4c(c32)C(c2ccccc2)(c2ccccc2)c2ccccc2-4)cc1. The van der Waals surface area contributed by atoms with Gasteiger partial charge in [-0.1, -0.05) is 158 Å². The number of para-hydroxylation sites is 3. The number of hydrogen-bond acceptors (Lipinski definition) is 2. The summed E-state index contributed by atoms with van der Waals surface area (Å²) in [5.41, 5.74) is 13.6. The number of nitrogens with one attached hydrogen (secondary N) is 1. The molecule has 1 atom stereocenters. The Balaban J connectivity index is 1.40. The monoisotopic (exact) mass is 613 g/mol. The van der Waals surface area contributed by atoms with Crippen LogP contribution in [0.3, 0.4) is 0 Å². The van der Waals surface area contributed by atoms with E-state index in [0.29, 0.717) is 0 Å². The van der Waals surface area contributed by atoms with Crippen LogP contribution in [0.5, 0.6) is 0 Å². The highest BCUT2D eigenvalue weighted by Gasteiger charge is 2.48. The quantitative estimate of drug-likeness (QED) is 0.210. The van der Waals surface area contributed by atoms with Gasteiger partial charge in [-0.2, -0.15) is 0 Å². The molecule has 0 amide bonds. The lowest BCUT2D eigenvalue weighted by atomic mass is 9.67. The Hall–Kier alpha value is -6.19. The van der Waals surface area contributed by atoms with Crippen LogP contribution in [0, 0.1) is 0 Å². The Bertz CT molecular complexity index is 2490. The van der Waals surface area contributed by atoms with Crippen molar-refractivity contribution in [3.05, 3.63) is 204 Å². The fourth-order valence-electron chi connectivity index (χ4n) is 8.40.